The first-order valence-corrected chi connectivity index (χ1v) is 10.3. The van der Waals surface area contributed by atoms with Crippen LogP contribution in [0.1, 0.15) is 19.8 Å². The molecule has 0 aliphatic rings. The molecule has 11 nitrogen and oxygen atoms in total. The molecular weight excluding hydrogens is 412 g/mol. The molecule has 0 aromatic carbocycles. The maximum atomic E-state index is 12.2. The van der Waals surface area contributed by atoms with Crippen LogP contribution in [0, 0.1) is 0 Å². The van der Waals surface area contributed by atoms with Crippen molar-refractivity contribution >= 4 is 54.1 Å². The maximum Gasteiger partial charge on any atom is 0.326 e. The van der Waals surface area contributed by atoms with Crippen LogP contribution >= 0.6 is 24.4 Å². The van der Waals surface area contributed by atoms with Gasteiger partial charge in [-0.15, -0.1) is 0 Å². The molecule has 0 heterocycles. The zero-order chi connectivity index (χ0) is 21.9. The van der Waals surface area contributed by atoms with Gasteiger partial charge in [-0.2, -0.15) is 24.4 Å². The van der Waals surface area contributed by atoms with Gasteiger partial charge in [0.1, 0.15) is 18.1 Å². The zero-order valence-corrected chi connectivity index (χ0v) is 17.2. The number of hydrogen-bond donors (Lipinski definition) is 7. The molecule has 0 radical (unpaired) electrons. The number of thioether (sulfide) groups is 1. The minimum atomic E-state index is -1.33. The van der Waals surface area contributed by atoms with Crippen LogP contribution < -0.4 is 21.7 Å². The van der Waals surface area contributed by atoms with Gasteiger partial charge in [0.2, 0.25) is 17.7 Å². The quantitative estimate of drug-likeness (QED) is 0.160. The van der Waals surface area contributed by atoms with E-state index in [1.54, 1.807) is 6.26 Å². The highest BCUT2D eigenvalue weighted by Crippen LogP contribution is 2.02. The Labute approximate surface area is 172 Å². The lowest BCUT2D eigenvalue weighted by molar-refractivity contribution is -0.142. The number of amides is 3. The van der Waals surface area contributed by atoms with Crippen LogP contribution in [-0.4, -0.2) is 81.8 Å². The summed E-state index contributed by atoms with van der Waals surface area (Å²) in [6.45, 7) is 1.33. The predicted octanol–water partition coefficient (Wildman–Crippen LogP) is -1.97. The van der Waals surface area contributed by atoms with Gasteiger partial charge in [0, 0.05) is 5.75 Å². The Morgan fingerprint density at radius 2 is 1.57 bits per heavy atom. The summed E-state index contributed by atoms with van der Waals surface area (Å²) in [5.74, 6) is -4.33. The smallest absolute Gasteiger partial charge is 0.326 e. The lowest BCUT2D eigenvalue weighted by Gasteiger charge is -2.22. The van der Waals surface area contributed by atoms with E-state index in [1.165, 1.54) is 18.7 Å². The average Bonchev–Trinajstić information content (AvgIpc) is 2.61. The molecule has 4 atom stereocenters. The number of hydrogen-bond acceptors (Lipinski definition) is 8. The van der Waals surface area contributed by atoms with Gasteiger partial charge in [-0.1, -0.05) is 0 Å². The monoisotopic (exact) mass is 438 g/mol. The Morgan fingerprint density at radius 1 is 1.00 bits per heavy atom. The molecule has 13 heteroatoms. The highest BCUT2D eigenvalue weighted by Gasteiger charge is 2.28. The van der Waals surface area contributed by atoms with Crippen molar-refractivity contribution in [2.75, 3.05) is 17.8 Å². The number of rotatable bonds is 13. The van der Waals surface area contributed by atoms with Crippen LogP contribution in [-0.2, 0) is 24.0 Å². The van der Waals surface area contributed by atoms with Crippen LogP contribution in [0.15, 0.2) is 0 Å². The van der Waals surface area contributed by atoms with E-state index in [0.717, 1.165) is 0 Å². The fraction of sp³-hybridized carbons (Fsp3) is 0.667. The first-order valence-electron chi connectivity index (χ1n) is 8.24. The van der Waals surface area contributed by atoms with Gasteiger partial charge in [0.25, 0.3) is 0 Å². The summed E-state index contributed by atoms with van der Waals surface area (Å²) in [6.07, 6.45) is 1.41. The van der Waals surface area contributed by atoms with Crippen molar-refractivity contribution in [3.63, 3.8) is 0 Å². The fourth-order valence-corrected chi connectivity index (χ4v) is 2.65. The molecule has 160 valence electrons. The van der Waals surface area contributed by atoms with Gasteiger partial charge in [-0.05, 0) is 25.4 Å². The summed E-state index contributed by atoms with van der Waals surface area (Å²) in [6, 6.07) is -4.66. The van der Waals surface area contributed by atoms with Gasteiger partial charge in [-0.25, -0.2) is 4.79 Å². The van der Waals surface area contributed by atoms with E-state index in [0.29, 0.717) is 5.75 Å². The van der Waals surface area contributed by atoms with E-state index in [4.69, 9.17) is 15.9 Å². The van der Waals surface area contributed by atoms with Gasteiger partial charge in [0.05, 0.1) is 12.5 Å². The Bertz CT molecular complexity index is 591. The number of thiol groups is 1. The molecule has 0 saturated heterocycles. The standard InChI is InChI=1S/C15H26N4O7S2/c1-7(17-13(23)8(16)5-11(20)21)12(22)19-10(6-27)14(24)18-9(15(25)26)3-4-28-2/h7-10,27H,3-6,16H2,1-2H3,(H,17,23)(H,18,24)(H,19,22)(H,20,21)(H,25,26)/t7-,8-,9-,10-/m0/s1. The fourth-order valence-electron chi connectivity index (χ4n) is 1.92. The molecule has 0 aromatic rings. The molecule has 7 N–H and O–H groups in total. The van der Waals surface area contributed by atoms with Crippen molar-refractivity contribution in [1.82, 2.24) is 16.0 Å². The number of aliphatic carboxylic acids is 2. The normalized spacial score (nSPS) is 14.9. The van der Waals surface area contributed by atoms with Gasteiger partial charge in [-0.3, -0.25) is 19.2 Å². The highest BCUT2D eigenvalue weighted by molar-refractivity contribution is 7.98. The largest absolute Gasteiger partial charge is 0.481 e. The van der Waals surface area contributed by atoms with Crippen molar-refractivity contribution in [2.24, 2.45) is 5.73 Å². The Balaban J connectivity index is 4.79. The Hall–Kier alpha value is -1.99. The summed E-state index contributed by atoms with van der Waals surface area (Å²) in [4.78, 5) is 58.0. The van der Waals surface area contributed by atoms with Crippen LogP contribution in [0.2, 0.25) is 0 Å². The summed E-state index contributed by atoms with van der Waals surface area (Å²) in [7, 11) is 0. The molecule has 0 rings (SSSR count). The number of carbonyl (C=O) groups excluding carboxylic acids is 3. The van der Waals surface area contributed by atoms with Crippen molar-refractivity contribution in [1.29, 1.82) is 0 Å². The Morgan fingerprint density at radius 3 is 2.04 bits per heavy atom. The van der Waals surface area contributed by atoms with Crippen molar-refractivity contribution < 1.29 is 34.2 Å². The SMILES string of the molecule is CSCC[C@H](NC(=O)[C@H](CS)NC(=O)[C@H](C)NC(=O)[C@@H](N)CC(=O)O)C(=O)O. The van der Waals surface area contributed by atoms with E-state index in [2.05, 4.69) is 28.6 Å². The third-order valence-corrected chi connectivity index (χ3v) is 4.53. The summed E-state index contributed by atoms with van der Waals surface area (Å²) >= 11 is 5.41. The summed E-state index contributed by atoms with van der Waals surface area (Å²) in [5.41, 5.74) is 5.41. The van der Waals surface area contributed by atoms with Crippen LogP contribution in [0.5, 0.6) is 0 Å². The number of carbonyl (C=O) groups is 5. The van der Waals surface area contributed by atoms with Gasteiger partial charge in [0.15, 0.2) is 0 Å². The molecule has 3 amide bonds. The lowest BCUT2D eigenvalue weighted by Crippen LogP contribution is -2.57. The molecule has 28 heavy (non-hydrogen) atoms. The first kappa shape index (κ1) is 26.0. The number of nitrogens with two attached hydrogens (primary N) is 1. The topological polar surface area (TPSA) is 188 Å². The van der Waals surface area contributed by atoms with E-state index in [9.17, 15) is 24.0 Å². The Kier molecular flexibility index (Phi) is 12.3. The number of nitrogens with one attached hydrogen (secondary N) is 3. The van der Waals surface area contributed by atoms with Crippen LogP contribution in [0.25, 0.3) is 0 Å². The minimum absolute atomic E-state index is 0.106. The van der Waals surface area contributed by atoms with E-state index in [1.807, 2.05) is 0 Å². The first-order chi connectivity index (χ1) is 13.0. The number of carboxylic acids is 2. The highest BCUT2D eigenvalue weighted by atomic mass is 32.2. The number of carboxylic acid groups (broad SMARTS) is 2. The second-order valence-electron chi connectivity index (χ2n) is 5.86. The van der Waals surface area contributed by atoms with Crippen LogP contribution in [0.4, 0.5) is 0 Å². The molecule has 0 unspecified atom stereocenters. The average molecular weight is 439 g/mol. The molecule has 0 aliphatic heterocycles. The molecule has 0 spiro atoms. The van der Waals surface area contributed by atoms with E-state index >= 15 is 0 Å². The third kappa shape index (κ3) is 9.80. The maximum absolute atomic E-state index is 12.2. The third-order valence-electron chi connectivity index (χ3n) is 3.52. The lowest BCUT2D eigenvalue weighted by atomic mass is 10.1. The predicted molar refractivity (Wildman–Crippen MR) is 106 cm³/mol. The van der Waals surface area contributed by atoms with Crippen molar-refractivity contribution in [3.05, 3.63) is 0 Å². The molecule has 0 fully saturated rings. The molecule has 0 saturated carbocycles. The zero-order valence-electron chi connectivity index (χ0n) is 15.5. The van der Waals surface area contributed by atoms with Crippen molar-refractivity contribution in [3.8, 4) is 0 Å². The second-order valence-corrected chi connectivity index (χ2v) is 7.21. The second kappa shape index (κ2) is 13.2. The molecular formula is C15H26N4O7S2. The van der Waals surface area contributed by atoms with E-state index < -0.39 is 60.2 Å². The summed E-state index contributed by atoms with van der Waals surface area (Å²) < 4.78 is 0. The molecule has 0 bridgehead atoms. The van der Waals surface area contributed by atoms with Crippen LogP contribution in [0.3, 0.4) is 0 Å². The molecule has 0 aromatic heterocycles. The van der Waals surface area contributed by atoms with Crippen molar-refractivity contribution in [2.45, 2.75) is 43.9 Å². The van der Waals surface area contributed by atoms with Gasteiger partial charge >= 0.3 is 11.9 Å². The minimum Gasteiger partial charge on any atom is -0.481 e. The molecule has 0 aliphatic carbocycles. The van der Waals surface area contributed by atoms with E-state index in [-0.39, 0.29) is 12.2 Å². The van der Waals surface area contributed by atoms with Gasteiger partial charge < -0.3 is 31.9 Å². The summed E-state index contributed by atoms with van der Waals surface area (Å²) in [5, 5.41) is 24.7.